The molecular weight excluding hydrogens is 368 g/mol. The van der Waals surface area contributed by atoms with Crippen LogP contribution < -0.4 is 10.1 Å². The van der Waals surface area contributed by atoms with Gasteiger partial charge in [-0.3, -0.25) is 4.98 Å². The van der Waals surface area contributed by atoms with Crippen molar-refractivity contribution in [3.05, 3.63) is 83.4 Å². The summed E-state index contributed by atoms with van der Waals surface area (Å²) in [6.45, 7) is 2.84. The van der Waals surface area contributed by atoms with Gasteiger partial charge in [0.15, 0.2) is 5.11 Å². The van der Waals surface area contributed by atoms with Crippen LogP contribution >= 0.6 is 12.2 Å². The van der Waals surface area contributed by atoms with Crippen molar-refractivity contribution < 1.29 is 4.74 Å². The summed E-state index contributed by atoms with van der Waals surface area (Å²) in [4.78, 5) is 6.85. The summed E-state index contributed by atoms with van der Waals surface area (Å²) in [5, 5.41) is 4.25. The van der Waals surface area contributed by atoms with Crippen LogP contribution in [0.5, 0.6) is 5.75 Å². The molecule has 2 aromatic heterocycles. The Bertz CT molecular complexity index is 968. The van der Waals surface area contributed by atoms with E-state index in [-0.39, 0.29) is 12.1 Å². The van der Waals surface area contributed by atoms with Crippen LogP contribution in [0.1, 0.15) is 34.7 Å². The SMILES string of the molecule is COc1ccc(CN2C(=S)NC(c3ccccn3)C2c2ccc(C)n2C)cc1. The van der Waals surface area contributed by atoms with Crippen LogP contribution in [0.25, 0.3) is 0 Å². The Morgan fingerprint density at radius 3 is 2.50 bits per heavy atom. The molecule has 0 aliphatic carbocycles. The monoisotopic (exact) mass is 392 g/mol. The summed E-state index contributed by atoms with van der Waals surface area (Å²) in [5.41, 5.74) is 4.61. The highest BCUT2D eigenvalue weighted by Gasteiger charge is 2.41. The lowest BCUT2D eigenvalue weighted by Gasteiger charge is -2.28. The lowest BCUT2D eigenvalue weighted by Crippen LogP contribution is -2.30. The summed E-state index contributed by atoms with van der Waals surface area (Å²) >= 11 is 5.75. The van der Waals surface area contributed by atoms with E-state index in [1.807, 2.05) is 30.5 Å². The van der Waals surface area contributed by atoms with Crippen LogP contribution in [0.3, 0.4) is 0 Å². The molecule has 6 heteroatoms. The average molecular weight is 393 g/mol. The topological polar surface area (TPSA) is 42.3 Å². The van der Waals surface area contributed by atoms with Crippen molar-refractivity contribution in [3.8, 4) is 5.75 Å². The number of pyridine rings is 1. The molecule has 1 saturated heterocycles. The lowest BCUT2D eigenvalue weighted by atomic mass is 10.0. The third-order valence-electron chi connectivity index (χ3n) is 5.42. The summed E-state index contributed by atoms with van der Waals surface area (Å²) < 4.78 is 7.51. The second kappa shape index (κ2) is 7.64. The summed E-state index contributed by atoms with van der Waals surface area (Å²) in [6.07, 6.45) is 1.83. The first-order valence-electron chi connectivity index (χ1n) is 9.31. The van der Waals surface area contributed by atoms with Gasteiger partial charge in [0.05, 0.1) is 24.9 Å². The Hall–Kier alpha value is -2.86. The molecule has 0 radical (unpaired) electrons. The summed E-state index contributed by atoms with van der Waals surface area (Å²) in [7, 11) is 3.78. The van der Waals surface area contributed by atoms with E-state index >= 15 is 0 Å². The first kappa shape index (κ1) is 18.5. The second-order valence-electron chi connectivity index (χ2n) is 7.06. The van der Waals surface area contributed by atoms with Crippen molar-refractivity contribution in [2.45, 2.75) is 25.6 Å². The number of aromatic nitrogens is 2. The fraction of sp³-hybridized carbons (Fsp3) is 0.273. The van der Waals surface area contributed by atoms with E-state index in [2.05, 4.69) is 64.1 Å². The number of rotatable bonds is 5. The Kier molecular flexibility index (Phi) is 5.05. The first-order chi connectivity index (χ1) is 13.6. The van der Waals surface area contributed by atoms with Crippen LogP contribution in [-0.2, 0) is 13.6 Å². The van der Waals surface area contributed by atoms with Crippen LogP contribution in [0.2, 0.25) is 0 Å². The van der Waals surface area contributed by atoms with Gasteiger partial charge >= 0.3 is 0 Å². The molecule has 3 heterocycles. The van der Waals surface area contributed by atoms with Crippen molar-refractivity contribution in [1.82, 2.24) is 19.8 Å². The maximum atomic E-state index is 5.75. The van der Waals surface area contributed by atoms with E-state index in [4.69, 9.17) is 17.0 Å². The number of thiocarbonyl (C=S) groups is 1. The average Bonchev–Trinajstić information content (AvgIpc) is 3.22. The molecule has 4 rings (SSSR count). The third-order valence-corrected chi connectivity index (χ3v) is 5.78. The highest BCUT2D eigenvalue weighted by molar-refractivity contribution is 7.80. The molecule has 1 N–H and O–H groups in total. The van der Waals surface area contributed by atoms with E-state index < -0.39 is 0 Å². The van der Waals surface area contributed by atoms with Gasteiger partial charge in [0.25, 0.3) is 0 Å². The minimum absolute atomic E-state index is 0.0000478. The van der Waals surface area contributed by atoms with Gasteiger partial charge in [-0.1, -0.05) is 18.2 Å². The van der Waals surface area contributed by atoms with Gasteiger partial charge in [-0.05, 0) is 61.1 Å². The van der Waals surface area contributed by atoms with Crippen molar-refractivity contribution in [3.63, 3.8) is 0 Å². The minimum Gasteiger partial charge on any atom is -0.497 e. The zero-order chi connectivity index (χ0) is 19.7. The van der Waals surface area contributed by atoms with Crippen LogP contribution in [0.4, 0.5) is 0 Å². The van der Waals surface area contributed by atoms with Gasteiger partial charge in [-0.2, -0.15) is 0 Å². The molecule has 1 aromatic carbocycles. The number of nitrogens with one attached hydrogen (secondary N) is 1. The Balaban J connectivity index is 1.72. The lowest BCUT2D eigenvalue weighted by molar-refractivity contribution is 0.299. The van der Waals surface area contributed by atoms with Crippen LogP contribution in [0, 0.1) is 6.92 Å². The standard InChI is InChI=1S/C22H24N4OS/c1-15-7-12-19(25(15)2)21-20(18-6-4-5-13-23-18)24-22(28)26(21)14-16-8-10-17(27-3)11-9-16/h4-13,20-21H,14H2,1-3H3,(H,24,28). The number of ether oxygens (including phenoxy) is 1. The van der Waals surface area contributed by atoms with Gasteiger partial charge in [0.1, 0.15) is 5.75 Å². The molecule has 2 unspecified atom stereocenters. The van der Waals surface area contributed by atoms with E-state index in [1.165, 1.54) is 17.0 Å². The smallest absolute Gasteiger partial charge is 0.170 e. The predicted octanol–water partition coefficient (Wildman–Crippen LogP) is 3.91. The molecule has 5 nitrogen and oxygen atoms in total. The summed E-state index contributed by atoms with van der Waals surface area (Å²) in [5.74, 6) is 0.854. The van der Waals surface area contributed by atoms with E-state index in [0.717, 1.165) is 16.6 Å². The van der Waals surface area contributed by atoms with E-state index in [9.17, 15) is 0 Å². The maximum absolute atomic E-state index is 5.75. The summed E-state index contributed by atoms with van der Waals surface area (Å²) in [6, 6.07) is 18.6. The molecule has 28 heavy (non-hydrogen) atoms. The molecule has 1 fully saturated rings. The fourth-order valence-corrected chi connectivity index (χ4v) is 4.06. The molecule has 0 amide bonds. The molecule has 2 atom stereocenters. The molecule has 0 bridgehead atoms. The minimum atomic E-state index is -0.0000478. The van der Waals surface area contributed by atoms with Gasteiger partial charge in [-0.15, -0.1) is 0 Å². The van der Waals surface area contributed by atoms with Crippen LogP contribution in [0.15, 0.2) is 60.8 Å². The Morgan fingerprint density at radius 2 is 1.89 bits per heavy atom. The zero-order valence-electron chi connectivity index (χ0n) is 16.3. The highest BCUT2D eigenvalue weighted by atomic mass is 32.1. The molecule has 3 aromatic rings. The van der Waals surface area contributed by atoms with E-state index in [1.54, 1.807) is 7.11 Å². The maximum Gasteiger partial charge on any atom is 0.170 e. The molecule has 0 saturated carbocycles. The largest absolute Gasteiger partial charge is 0.497 e. The second-order valence-corrected chi connectivity index (χ2v) is 7.45. The van der Waals surface area contributed by atoms with Gasteiger partial charge < -0.3 is 19.5 Å². The Labute approximate surface area is 171 Å². The quantitative estimate of drug-likeness (QED) is 0.667. The first-order valence-corrected chi connectivity index (χ1v) is 9.72. The van der Waals surface area contributed by atoms with E-state index in [0.29, 0.717) is 6.54 Å². The number of hydrogen-bond donors (Lipinski definition) is 1. The number of benzene rings is 1. The molecule has 1 aliphatic rings. The molecule has 144 valence electrons. The Morgan fingerprint density at radius 1 is 1.11 bits per heavy atom. The van der Waals surface area contributed by atoms with Gasteiger partial charge in [0.2, 0.25) is 0 Å². The fourth-order valence-electron chi connectivity index (χ4n) is 3.76. The van der Waals surface area contributed by atoms with Gasteiger partial charge in [-0.25, -0.2) is 0 Å². The number of methoxy groups -OCH3 is 1. The highest BCUT2D eigenvalue weighted by Crippen LogP contribution is 2.39. The predicted molar refractivity (Wildman–Crippen MR) is 114 cm³/mol. The van der Waals surface area contributed by atoms with Crippen molar-refractivity contribution in [1.29, 1.82) is 0 Å². The van der Waals surface area contributed by atoms with Gasteiger partial charge in [0, 0.05) is 31.2 Å². The molecule has 1 aliphatic heterocycles. The number of hydrogen-bond acceptors (Lipinski definition) is 3. The number of nitrogens with zero attached hydrogens (tertiary/aromatic N) is 3. The molecular formula is C22H24N4OS. The third kappa shape index (κ3) is 3.36. The normalized spacial score (nSPS) is 19.0. The zero-order valence-corrected chi connectivity index (χ0v) is 17.1. The van der Waals surface area contributed by atoms with Crippen molar-refractivity contribution in [2.75, 3.05) is 7.11 Å². The van der Waals surface area contributed by atoms with Crippen molar-refractivity contribution >= 4 is 17.3 Å². The molecule has 0 spiro atoms. The van der Waals surface area contributed by atoms with Crippen LogP contribution in [-0.4, -0.2) is 26.7 Å². The van der Waals surface area contributed by atoms with Crippen molar-refractivity contribution in [2.24, 2.45) is 7.05 Å². The number of aryl methyl sites for hydroxylation is 1.